The van der Waals surface area contributed by atoms with E-state index in [1.54, 1.807) is 5.01 Å². The van der Waals surface area contributed by atoms with E-state index < -0.39 is 0 Å². The molecule has 1 fully saturated rings. The maximum absolute atomic E-state index is 6.56. The maximum Gasteiger partial charge on any atom is 0.0510 e. The molecule has 5 heteroatoms. The normalized spacial score (nSPS) is 31.4. The summed E-state index contributed by atoms with van der Waals surface area (Å²) in [5.41, 5.74) is 13.1. The molecule has 0 spiro atoms. The minimum atomic E-state index is -0.0425. The third kappa shape index (κ3) is 1.38. The standard InChI is InChI=1S/C5H11N5/c6-5-3-10(8)2-4(5)1-9-7/h1,5,7H,2-3,6,8H2/b4-1-,9-7?. The van der Waals surface area contributed by atoms with Crippen molar-refractivity contribution in [3.8, 4) is 0 Å². The Morgan fingerprint density at radius 1 is 1.80 bits per heavy atom. The first-order chi connectivity index (χ1) is 4.74. The molecule has 0 radical (unpaired) electrons. The van der Waals surface area contributed by atoms with Crippen LogP contribution in [0.5, 0.6) is 0 Å². The molecule has 56 valence electrons. The van der Waals surface area contributed by atoms with Gasteiger partial charge < -0.3 is 5.73 Å². The molecular formula is C5H11N5. The molecule has 1 atom stereocenters. The monoisotopic (exact) mass is 141 g/mol. The zero-order valence-electron chi connectivity index (χ0n) is 5.62. The van der Waals surface area contributed by atoms with Crippen LogP contribution < -0.4 is 11.6 Å². The molecule has 1 aliphatic heterocycles. The first-order valence-electron chi connectivity index (χ1n) is 3.04. The van der Waals surface area contributed by atoms with E-state index in [0.29, 0.717) is 13.1 Å². The van der Waals surface area contributed by atoms with Crippen LogP contribution >= 0.6 is 0 Å². The molecule has 0 amide bonds. The molecule has 0 aromatic rings. The Kier molecular flexibility index (Phi) is 2.10. The highest BCUT2D eigenvalue weighted by molar-refractivity contribution is 5.16. The lowest BCUT2D eigenvalue weighted by atomic mass is 10.2. The molecule has 1 aliphatic rings. The van der Waals surface area contributed by atoms with Crippen LogP contribution in [0.25, 0.3) is 0 Å². The second-order valence-electron chi connectivity index (χ2n) is 2.37. The predicted molar refractivity (Wildman–Crippen MR) is 37.0 cm³/mol. The second-order valence-corrected chi connectivity index (χ2v) is 2.37. The number of hydrogen-bond donors (Lipinski definition) is 3. The number of nitrogens with two attached hydrogens (primary N) is 2. The summed E-state index contributed by atoms with van der Waals surface area (Å²) >= 11 is 0. The molecule has 0 saturated carbocycles. The van der Waals surface area contributed by atoms with Gasteiger partial charge in [0.15, 0.2) is 0 Å². The van der Waals surface area contributed by atoms with Crippen LogP contribution in [0.3, 0.4) is 0 Å². The first kappa shape index (κ1) is 7.33. The van der Waals surface area contributed by atoms with E-state index >= 15 is 0 Å². The van der Waals surface area contributed by atoms with E-state index in [-0.39, 0.29) is 6.04 Å². The smallest absolute Gasteiger partial charge is 0.0510 e. The van der Waals surface area contributed by atoms with E-state index in [4.69, 9.17) is 17.1 Å². The highest BCUT2D eigenvalue weighted by Gasteiger charge is 2.21. The van der Waals surface area contributed by atoms with E-state index in [9.17, 15) is 0 Å². The van der Waals surface area contributed by atoms with Gasteiger partial charge in [0.2, 0.25) is 0 Å². The Hall–Kier alpha value is -0.780. The van der Waals surface area contributed by atoms with Gasteiger partial charge in [-0.3, -0.25) is 5.84 Å². The summed E-state index contributed by atoms with van der Waals surface area (Å²) < 4.78 is 0. The average Bonchev–Trinajstić information content (AvgIpc) is 2.13. The molecule has 10 heavy (non-hydrogen) atoms. The Bertz CT molecular complexity index is 163. The lowest BCUT2D eigenvalue weighted by Crippen LogP contribution is -2.31. The lowest BCUT2D eigenvalue weighted by molar-refractivity contribution is 0.354. The van der Waals surface area contributed by atoms with Crippen molar-refractivity contribution in [3.05, 3.63) is 11.8 Å². The number of nitrogens with one attached hydrogen (secondary N) is 1. The molecule has 1 rings (SSSR count). The van der Waals surface area contributed by atoms with Gasteiger partial charge in [-0.2, -0.15) is 5.11 Å². The Balaban J connectivity index is 2.62. The summed E-state index contributed by atoms with van der Waals surface area (Å²) in [6.07, 6.45) is 1.46. The molecule has 0 aromatic heterocycles. The molecular weight excluding hydrogens is 130 g/mol. The van der Waals surface area contributed by atoms with Gasteiger partial charge in [-0.15, -0.1) is 0 Å². The molecule has 5 nitrogen and oxygen atoms in total. The summed E-state index contributed by atoms with van der Waals surface area (Å²) in [6.45, 7) is 1.28. The molecule has 0 aromatic carbocycles. The highest BCUT2D eigenvalue weighted by Crippen LogP contribution is 2.10. The van der Waals surface area contributed by atoms with Gasteiger partial charge in [0.25, 0.3) is 0 Å². The van der Waals surface area contributed by atoms with E-state index in [1.165, 1.54) is 6.20 Å². The second kappa shape index (κ2) is 2.87. The fourth-order valence-corrected chi connectivity index (χ4v) is 1.01. The number of rotatable bonds is 1. The average molecular weight is 141 g/mol. The summed E-state index contributed by atoms with van der Waals surface area (Å²) in [4.78, 5) is 0. The summed E-state index contributed by atoms with van der Waals surface area (Å²) in [7, 11) is 0. The molecule has 1 heterocycles. The highest BCUT2D eigenvalue weighted by atomic mass is 15.4. The topological polar surface area (TPSA) is 91.5 Å². The van der Waals surface area contributed by atoms with Gasteiger partial charge in [0.1, 0.15) is 0 Å². The fraction of sp³-hybridized carbons (Fsp3) is 0.600. The van der Waals surface area contributed by atoms with E-state index in [1.807, 2.05) is 0 Å². The van der Waals surface area contributed by atoms with Crippen molar-refractivity contribution in [3.63, 3.8) is 0 Å². The van der Waals surface area contributed by atoms with Gasteiger partial charge in [-0.25, -0.2) is 10.5 Å². The maximum atomic E-state index is 6.56. The van der Waals surface area contributed by atoms with Crippen molar-refractivity contribution in [2.45, 2.75) is 6.04 Å². The molecule has 0 bridgehead atoms. The summed E-state index contributed by atoms with van der Waals surface area (Å²) in [6, 6.07) is -0.0425. The zero-order valence-corrected chi connectivity index (χ0v) is 5.62. The van der Waals surface area contributed by atoms with Crippen LogP contribution in [0.15, 0.2) is 16.9 Å². The van der Waals surface area contributed by atoms with Crippen molar-refractivity contribution >= 4 is 0 Å². The predicted octanol–water partition coefficient (Wildman–Crippen LogP) is -0.582. The SMILES string of the molecule is N=N/C=C1/CN(N)CC1N. The van der Waals surface area contributed by atoms with E-state index in [2.05, 4.69) is 5.11 Å². The van der Waals surface area contributed by atoms with Crippen LogP contribution in [0.2, 0.25) is 0 Å². The van der Waals surface area contributed by atoms with Crippen LogP contribution in [-0.2, 0) is 0 Å². The minimum absolute atomic E-state index is 0.0425. The van der Waals surface area contributed by atoms with Gasteiger partial charge in [-0.1, -0.05) is 0 Å². The summed E-state index contributed by atoms with van der Waals surface area (Å²) in [5.74, 6) is 5.46. The minimum Gasteiger partial charge on any atom is -0.323 e. The Morgan fingerprint density at radius 3 is 2.90 bits per heavy atom. The van der Waals surface area contributed by atoms with Gasteiger partial charge in [-0.05, 0) is 5.57 Å². The zero-order chi connectivity index (χ0) is 7.56. The van der Waals surface area contributed by atoms with Crippen LogP contribution in [0.1, 0.15) is 0 Å². The number of hydrogen-bond acceptors (Lipinski definition) is 5. The largest absolute Gasteiger partial charge is 0.323 e. The number of hydrazine groups is 1. The third-order valence-electron chi connectivity index (χ3n) is 1.52. The van der Waals surface area contributed by atoms with Gasteiger partial charge >= 0.3 is 0 Å². The summed E-state index contributed by atoms with van der Waals surface area (Å²) in [5, 5.41) is 4.74. The van der Waals surface area contributed by atoms with E-state index in [0.717, 1.165) is 5.57 Å². The van der Waals surface area contributed by atoms with Gasteiger partial charge in [0.05, 0.1) is 6.20 Å². The quantitative estimate of drug-likeness (QED) is 0.337. The third-order valence-corrected chi connectivity index (χ3v) is 1.52. The van der Waals surface area contributed by atoms with Crippen LogP contribution in [0.4, 0.5) is 0 Å². The molecule has 1 saturated heterocycles. The van der Waals surface area contributed by atoms with Crippen LogP contribution in [0, 0.1) is 5.53 Å². The lowest BCUT2D eigenvalue weighted by Gasteiger charge is -2.02. The van der Waals surface area contributed by atoms with Crippen molar-refractivity contribution in [2.75, 3.05) is 13.1 Å². The fourth-order valence-electron chi connectivity index (χ4n) is 1.01. The van der Waals surface area contributed by atoms with Crippen LogP contribution in [-0.4, -0.2) is 24.1 Å². The van der Waals surface area contributed by atoms with Crippen molar-refractivity contribution in [1.82, 2.24) is 5.01 Å². The first-order valence-corrected chi connectivity index (χ1v) is 3.04. The van der Waals surface area contributed by atoms with Crippen molar-refractivity contribution in [1.29, 1.82) is 5.53 Å². The van der Waals surface area contributed by atoms with Gasteiger partial charge in [0, 0.05) is 19.1 Å². The molecule has 0 aliphatic carbocycles. The van der Waals surface area contributed by atoms with Crippen molar-refractivity contribution in [2.24, 2.45) is 16.7 Å². The Morgan fingerprint density at radius 2 is 2.50 bits per heavy atom. The number of nitrogens with zero attached hydrogens (tertiary/aromatic N) is 2. The Labute approximate surface area is 59.2 Å². The van der Waals surface area contributed by atoms with Crippen molar-refractivity contribution < 1.29 is 0 Å². The molecule has 1 unspecified atom stereocenters. The molecule has 5 N–H and O–H groups in total.